The largest absolute Gasteiger partial charge is 0.478 e. The molecule has 1 rings (SSSR count). The number of aromatic carboxylic acids is 1. The van der Waals surface area contributed by atoms with Gasteiger partial charge in [0.1, 0.15) is 17.6 Å². The number of carbonyl (C=O) groups is 1. The summed E-state index contributed by atoms with van der Waals surface area (Å²) in [5.41, 5.74) is -0.785. The quantitative estimate of drug-likeness (QED) is 0.683. The van der Waals surface area contributed by atoms with Crippen molar-refractivity contribution < 1.29 is 27.5 Å². The van der Waals surface area contributed by atoms with Gasteiger partial charge in [-0.05, 0) is 11.6 Å². The molecule has 8 heteroatoms. The second-order valence-corrected chi connectivity index (χ2v) is 3.59. The average molecular weight is 284 g/mol. The smallest absolute Gasteiger partial charge is 0.426 e. The van der Waals surface area contributed by atoms with Crippen LogP contribution in [0.3, 0.4) is 0 Å². The Labute approximate surface area is 104 Å². The summed E-state index contributed by atoms with van der Waals surface area (Å²) in [7, 11) is 0. The molecular formula is C10H6ClF4NO2. The molecule has 0 aliphatic rings. The molecule has 3 nitrogen and oxygen atoms in total. The molecule has 1 N–H and O–H groups in total. The lowest BCUT2D eigenvalue weighted by Crippen LogP contribution is -2.09. The van der Waals surface area contributed by atoms with Crippen LogP contribution < -0.4 is 0 Å². The maximum atomic E-state index is 13.1. The second kappa shape index (κ2) is 5.34. The van der Waals surface area contributed by atoms with Crippen LogP contribution in [-0.2, 0) is 6.54 Å². The molecule has 0 atom stereocenters. The molecule has 98 valence electrons. The summed E-state index contributed by atoms with van der Waals surface area (Å²) in [6, 6.07) is 1.89. The SMILES string of the molecule is O=C(O)c1c(F)ccc(C/N=C/C(F)(F)F)c1Cl. The zero-order valence-corrected chi connectivity index (χ0v) is 9.39. The molecule has 0 unspecified atom stereocenters. The zero-order chi connectivity index (χ0) is 13.9. The monoisotopic (exact) mass is 283 g/mol. The highest BCUT2D eigenvalue weighted by molar-refractivity contribution is 6.34. The van der Waals surface area contributed by atoms with E-state index >= 15 is 0 Å². The van der Waals surface area contributed by atoms with Gasteiger partial charge in [-0.3, -0.25) is 4.99 Å². The Balaban J connectivity index is 3.02. The Bertz CT molecular complexity index is 499. The van der Waals surface area contributed by atoms with Crippen LogP contribution in [0.1, 0.15) is 15.9 Å². The Morgan fingerprint density at radius 3 is 2.56 bits per heavy atom. The molecule has 0 aromatic heterocycles. The predicted molar refractivity (Wildman–Crippen MR) is 56.6 cm³/mol. The Morgan fingerprint density at radius 2 is 2.06 bits per heavy atom. The van der Waals surface area contributed by atoms with Gasteiger partial charge < -0.3 is 5.11 Å². The number of carboxylic acid groups (broad SMARTS) is 1. The molecule has 0 fully saturated rings. The number of carboxylic acids is 1. The van der Waals surface area contributed by atoms with E-state index in [1.807, 2.05) is 0 Å². The van der Waals surface area contributed by atoms with Crippen molar-refractivity contribution in [3.8, 4) is 0 Å². The van der Waals surface area contributed by atoms with E-state index in [0.717, 1.165) is 12.1 Å². The van der Waals surface area contributed by atoms with E-state index in [1.165, 1.54) is 0 Å². The standard InChI is InChI=1S/C10H6ClF4NO2/c11-8-5(3-16-4-10(13,14)15)1-2-6(12)7(8)9(17)18/h1-2,4H,3H2,(H,17,18)/b16-4+. The summed E-state index contributed by atoms with van der Waals surface area (Å²) in [4.78, 5) is 13.7. The van der Waals surface area contributed by atoms with Gasteiger partial charge in [-0.1, -0.05) is 17.7 Å². The summed E-state index contributed by atoms with van der Waals surface area (Å²) in [5.74, 6) is -2.66. The number of halogens is 5. The van der Waals surface area contributed by atoms with Gasteiger partial charge in [-0.25, -0.2) is 9.18 Å². The zero-order valence-electron chi connectivity index (χ0n) is 8.63. The fourth-order valence-electron chi connectivity index (χ4n) is 1.16. The van der Waals surface area contributed by atoms with Crippen molar-refractivity contribution in [3.05, 3.63) is 34.1 Å². The third-order valence-corrected chi connectivity index (χ3v) is 2.32. The molecule has 0 amide bonds. The number of hydrogen-bond donors (Lipinski definition) is 1. The number of rotatable bonds is 3. The maximum Gasteiger partial charge on any atom is 0.426 e. The van der Waals surface area contributed by atoms with Crippen LogP contribution in [0, 0.1) is 5.82 Å². The van der Waals surface area contributed by atoms with E-state index in [9.17, 15) is 22.4 Å². The van der Waals surface area contributed by atoms with Gasteiger partial charge in [0.15, 0.2) is 0 Å². The molecule has 18 heavy (non-hydrogen) atoms. The first-order valence-corrected chi connectivity index (χ1v) is 4.88. The summed E-state index contributed by atoms with van der Waals surface area (Å²) >= 11 is 5.58. The van der Waals surface area contributed by atoms with E-state index in [-0.39, 0.29) is 11.8 Å². The van der Waals surface area contributed by atoms with Gasteiger partial charge in [0, 0.05) is 0 Å². The third-order valence-electron chi connectivity index (χ3n) is 1.88. The van der Waals surface area contributed by atoms with Crippen molar-refractivity contribution in [3.63, 3.8) is 0 Å². The van der Waals surface area contributed by atoms with Crippen molar-refractivity contribution in [2.24, 2.45) is 4.99 Å². The maximum absolute atomic E-state index is 13.1. The van der Waals surface area contributed by atoms with Gasteiger partial charge in [-0.15, -0.1) is 0 Å². The van der Waals surface area contributed by atoms with Gasteiger partial charge >= 0.3 is 12.1 Å². The molecular weight excluding hydrogens is 278 g/mol. The van der Waals surface area contributed by atoms with Crippen LogP contribution >= 0.6 is 11.6 Å². The van der Waals surface area contributed by atoms with Crippen molar-refractivity contribution in [2.75, 3.05) is 0 Å². The molecule has 0 bridgehead atoms. The molecule has 1 aromatic carbocycles. The van der Waals surface area contributed by atoms with Crippen molar-refractivity contribution in [1.29, 1.82) is 0 Å². The Morgan fingerprint density at radius 1 is 1.44 bits per heavy atom. The van der Waals surface area contributed by atoms with Gasteiger partial charge in [-0.2, -0.15) is 13.2 Å². The van der Waals surface area contributed by atoms with E-state index in [4.69, 9.17) is 16.7 Å². The molecule has 0 aliphatic carbocycles. The van der Waals surface area contributed by atoms with Crippen molar-refractivity contribution in [2.45, 2.75) is 12.7 Å². The van der Waals surface area contributed by atoms with Crippen LogP contribution in [-0.4, -0.2) is 23.5 Å². The van der Waals surface area contributed by atoms with Crippen LogP contribution in [0.15, 0.2) is 17.1 Å². The first-order chi connectivity index (χ1) is 8.22. The van der Waals surface area contributed by atoms with Crippen molar-refractivity contribution >= 4 is 23.8 Å². The average Bonchev–Trinajstić information content (AvgIpc) is 2.19. The number of hydrogen-bond acceptors (Lipinski definition) is 2. The van der Waals surface area contributed by atoms with Gasteiger partial charge in [0.05, 0.1) is 11.6 Å². The molecule has 0 heterocycles. The summed E-state index contributed by atoms with van der Waals surface area (Å²) < 4.78 is 48.5. The lowest BCUT2D eigenvalue weighted by Gasteiger charge is -2.06. The third kappa shape index (κ3) is 3.69. The van der Waals surface area contributed by atoms with E-state index in [2.05, 4.69) is 4.99 Å². The Kier molecular flexibility index (Phi) is 4.28. The number of nitrogens with zero attached hydrogens (tertiary/aromatic N) is 1. The first-order valence-electron chi connectivity index (χ1n) is 4.50. The summed E-state index contributed by atoms with van der Waals surface area (Å²) in [6.07, 6.45) is -4.81. The number of benzene rings is 1. The summed E-state index contributed by atoms with van der Waals surface area (Å²) in [5, 5.41) is 8.23. The molecule has 0 saturated heterocycles. The number of alkyl halides is 3. The minimum Gasteiger partial charge on any atom is -0.478 e. The second-order valence-electron chi connectivity index (χ2n) is 3.21. The highest BCUT2D eigenvalue weighted by Gasteiger charge is 2.23. The fourth-order valence-corrected chi connectivity index (χ4v) is 1.46. The van der Waals surface area contributed by atoms with Crippen LogP contribution in [0.5, 0.6) is 0 Å². The van der Waals surface area contributed by atoms with Gasteiger partial charge in [0.2, 0.25) is 0 Å². The number of aliphatic imine (C=N–C) groups is 1. The van der Waals surface area contributed by atoms with Crippen molar-refractivity contribution in [1.82, 2.24) is 0 Å². The molecule has 1 aromatic rings. The highest BCUT2D eigenvalue weighted by Crippen LogP contribution is 2.25. The molecule has 0 radical (unpaired) electrons. The predicted octanol–water partition coefficient (Wildman–Crippen LogP) is 3.31. The topological polar surface area (TPSA) is 49.7 Å². The van der Waals surface area contributed by atoms with Crippen LogP contribution in [0.2, 0.25) is 5.02 Å². The van der Waals surface area contributed by atoms with Crippen LogP contribution in [0.4, 0.5) is 17.6 Å². The normalized spacial score (nSPS) is 12.1. The highest BCUT2D eigenvalue weighted by atomic mass is 35.5. The Hall–Kier alpha value is -1.63. The molecule has 0 aliphatic heterocycles. The lowest BCUT2D eigenvalue weighted by atomic mass is 10.1. The first kappa shape index (κ1) is 14.4. The van der Waals surface area contributed by atoms with E-state index in [1.54, 1.807) is 0 Å². The van der Waals surface area contributed by atoms with E-state index in [0.29, 0.717) is 0 Å². The lowest BCUT2D eigenvalue weighted by molar-refractivity contribution is -0.0537. The molecule has 0 spiro atoms. The minimum atomic E-state index is -4.57. The van der Waals surface area contributed by atoms with Crippen LogP contribution in [0.25, 0.3) is 0 Å². The molecule has 0 saturated carbocycles. The minimum absolute atomic E-state index is 0.00373. The van der Waals surface area contributed by atoms with Gasteiger partial charge in [0.25, 0.3) is 0 Å². The van der Waals surface area contributed by atoms with E-state index < -0.39 is 35.1 Å². The summed E-state index contributed by atoms with van der Waals surface area (Å²) in [6.45, 7) is -0.487. The fraction of sp³-hybridized carbons (Fsp3) is 0.200.